The molecule has 1 aliphatic heterocycles. The lowest BCUT2D eigenvalue weighted by Gasteiger charge is -2.28. The van der Waals surface area contributed by atoms with Crippen molar-refractivity contribution in [2.24, 2.45) is 0 Å². The van der Waals surface area contributed by atoms with Crippen LogP contribution < -0.4 is 10.6 Å². The number of halogens is 1. The number of carbonyl (C=O) groups is 2. The molecule has 0 bridgehead atoms. The molecule has 0 aromatic heterocycles. The van der Waals surface area contributed by atoms with E-state index in [0.29, 0.717) is 17.9 Å². The van der Waals surface area contributed by atoms with Gasteiger partial charge in [-0.1, -0.05) is 54.2 Å². The van der Waals surface area contributed by atoms with E-state index >= 15 is 0 Å². The number of hydrogen-bond donors (Lipinski definition) is 2. The van der Waals surface area contributed by atoms with Gasteiger partial charge in [-0.15, -0.1) is 0 Å². The molecular formula is C18H23BrN2O3. The Bertz CT molecular complexity index is 643. The van der Waals surface area contributed by atoms with Gasteiger partial charge in [-0.2, -0.15) is 0 Å². The van der Waals surface area contributed by atoms with Crippen LogP contribution in [0.25, 0.3) is 0 Å². The van der Waals surface area contributed by atoms with E-state index in [0.717, 1.165) is 35.7 Å². The number of carbonyl (C=O) groups excluding carboxylic acids is 2. The lowest BCUT2D eigenvalue weighted by Crippen LogP contribution is -2.45. The SMILES string of the molecule is CCCCCCOC(=O)C1=C(C)NC(=O)NC1c1cccc(Br)c1. The topological polar surface area (TPSA) is 67.4 Å². The molecule has 1 heterocycles. The van der Waals surface area contributed by atoms with Crippen LogP contribution in [0, 0.1) is 0 Å². The van der Waals surface area contributed by atoms with E-state index in [2.05, 4.69) is 33.5 Å². The summed E-state index contributed by atoms with van der Waals surface area (Å²) in [7, 11) is 0. The molecule has 130 valence electrons. The molecule has 0 fully saturated rings. The lowest BCUT2D eigenvalue weighted by molar-refractivity contribution is -0.139. The molecule has 1 aromatic carbocycles. The van der Waals surface area contributed by atoms with Crippen LogP contribution >= 0.6 is 15.9 Å². The second-order valence-corrected chi connectivity index (χ2v) is 6.74. The van der Waals surface area contributed by atoms with Crippen LogP contribution in [0.3, 0.4) is 0 Å². The van der Waals surface area contributed by atoms with E-state index in [4.69, 9.17) is 4.74 Å². The van der Waals surface area contributed by atoms with Crippen LogP contribution in [0.5, 0.6) is 0 Å². The number of ether oxygens (including phenoxy) is 1. The van der Waals surface area contributed by atoms with Crippen LogP contribution in [-0.2, 0) is 9.53 Å². The molecule has 0 saturated heterocycles. The van der Waals surface area contributed by atoms with Gasteiger partial charge in [0.15, 0.2) is 0 Å². The molecule has 5 nitrogen and oxygen atoms in total. The van der Waals surface area contributed by atoms with Crippen LogP contribution in [0.4, 0.5) is 4.79 Å². The number of benzene rings is 1. The second kappa shape index (κ2) is 8.87. The minimum atomic E-state index is -0.514. The van der Waals surface area contributed by atoms with Gasteiger partial charge in [-0.25, -0.2) is 9.59 Å². The molecule has 0 radical (unpaired) electrons. The van der Waals surface area contributed by atoms with Crippen LogP contribution in [0.1, 0.15) is 51.1 Å². The molecule has 1 aromatic rings. The second-order valence-electron chi connectivity index (χ2n) is 5.82. The predicted molar refractivity (Wildman–Crippen MR) is 96.4 cm³/mol. The summed E-state index contributed by atoms with van der Waals surface area (Å²) in [5.74, 6) is -0.388. The van der Waals surface area contributed by atoms with E-state index < -0.39 is 6.04 Å². The highest BCUT2D eigenvalue weighted by Gasteiger charge is 2.32. The summed E-state index contributed by atoms with van der Waals surface area (Å²) < 4.78 is 6.30. The maximum atomic E-state index is 12.5. The van der Waals surface area contributed by atoms with E-state index in [-0.39, 0.29) is 12.0 Å². The molecule has 2 amide bonds. The van der Waals surface area contributed by atoms with Crippen molar-refractivity contribution in [1.82, 2.24) is 10.6 Å². The number of amides is 2. The largest absolute Gasteiger partial charge is 0.462 e. The van der Waals surface area contributed by atoms with Crippen molar-refractivity contribution in [1.29, 1.82) is 0 Å². The molecule has 1 unspecified atom stereocenters. The minimum Gasteiger partial charge on any atom is -0.462 e. The molecular weight excluding hydrogens is 372 g/mol. The van der Waals surface area contributed by atoms with E-state index in [1.165, 1.54) is 0 Å². The van der Waals surface area contributed by atoms with Gasteiger partial charge < -0.3 is 15.4 Å². The van der Waals surface area contributed by atoms with Crippen LogP contribution in [-0.4, -0.2) is 18.6 Å². The zero-order valence-corrected chi connectivity index (χ0v) is 15.6. The van der Waals surface area contributed by atoms with E-state index in [1.807, 2.05) is 24.3 Å². The van der Waals surface area contributed by atoms with Gasteiger partial charge in [0.2, 0.25) is 0 Å². The monoisotopic (exact) mass is 394 g/mol. The molecule has 2 rings (SSSR count). The average molecular weight is 395 g/mol. The molecule has 24 heavy (non-hydrogen) atoms. The van der Waals surface area contributed by atoms with Crippen molar-refractivity contribution >= 4 is 27.9 Å². The van der Waals surface area contributed by atoms with Crippen molar-refractivity contribution < 1.29 is 14.3 Å². The van der Waals surface area contributed by atoms with Crippen LogP contribution in [0.2, 0.25) is 0 Å². The number of nitrogens with one attached hydrogen (secondary N) is 2. The predicted octanol–water partition coefficient (Wildman–Crippen LogP) is 4.20. The van der Waals surface area contributed by atoms with Gasteiger partial charge in [0.05, 0.1) is 18.2 Å². The lowest BCUT2D eigenvalue weighted by atomic mass is 9.96. The third-order valence-corrected chi connectivity index (χ3v) is 4.40. The Morgan fingerprint density at radius 2 is 2.08 bits per heavy atom. The zero-order chi connectivity index (χ0) is 17.5. The first-order chi connectivity index (χ1) is 11.5. The normalized spacial score (nSPS) is 17.3. The summed E-state index contributed by atoms with van der Waals surface area (Å²) in [6.07, 6.45) is 4.18. The molecule has 6 heteroatoms. The first-order valence-corrected chi connectivity index (χ1v) is 9.03. The highest BCUT2D eigenvalue weighted by molar-refractivity contribution is 9.10. The molecule has 2 N–H and O–H groups in total. The summed E-state index contributed by atoms with van der Waals surface area (Å²) in [6.45, 7) is 4.26. The molecule has 1 atom stereocenters. The Labute approximate surface area is 151 Å². The third kappa shape index (κ3) is 4.84. The van der Waals surface area contributed by atoms with Gasteiger partial charge in [0, 0.05) is 10.2 Å². The quantitative estimate of drug-likeness (QED) is 0.537. The first-order valence-electron chi connectivity index (χ1n) is 8.23. The summed E-state index contributed by atoms with van der Waals surface area (Å²) >= 11 is 3.42. The molecule has 0 aliphatic carbocycles. The number of unbranched alkanes of at least 4 members (excludes halogenated alkanes) is 3. The van der Waals surface area contributed by atoms with Crippen molar-refractivity contribution in [2.75, 3.05) is 6.61 Å². The standard InChI is InChI=1S/C18H23BrN2O3/c1-3-4-5-6-10-24-17(22)15-12(2)20-18(23)21-16(15)13-8-7-9-14(19)11-13/h7-9,11,16H,3-6,10H2,1-2H3,(H2,20,21,23). The highest BCUT2D eigenvalue weighted by Crippen LogP contribution is 2.29. The fourth-order valence-corrected chi connectivity index (χ4v) is 3.09. The highest BCUT2D eigenvalue weighted by atomic mass is 79.9. The van der Waals surface area contributed by atoms with E-state index in [9.17, 15) is 9.59 Å². The molecule has 0 saturated carbocycles. The number of rotatable bonds is 7. The summed E-state index contributed by atoms with van der Waals surface area (Å²) in [5, 5.41) is 5.45. The van der Waals surface area contributed by atoms with Crippen molar-refractivity contribution in [3.8, 4) is 0 Å². The summed E-state index contributed by atoms with van der Waals surface area (Å²) in [4.78, 5) is 24.4. The smallest absolute Gasteiger partial charge is 0.338 e. The summed E-state index contributed by atoms with van der Waals surface area (Å²) in [5.41, 5.74) is 1.81. The van der Waals surface area contributed by atoms with E-state index in [1.54, 1.807) is 6.92 Å². The maximum absolute atomic E-state index is 12.5. The Morgan fingerprint density at radius 1 is 1.29 bits per heavy atom. The van der Waals surface area contributed by atoms with Gasteiger partial charge in [-0.3, -0.25) is 0 Å². The van der Waals surface area contributed by atoms with Gasteiger partial charge in [-0.05, 0) is 31.0 Å². The minimum absolute atomic E-state index is 0.322. The van der Waals surface area contributed by atoms with Gasteiger partial charge in [0.1, 0.15) is 0 Å². The number of allylic oxidation sites excluding steroid dienone is 1. The number of esters is 1. The van der Waals surface area contributed by atoms with Crippen molar-refractivity contribution in [3.63, 3.8) is 0 Å². The zero-order valence-electron chi connectivity index (χ0n) is 14.0. The van der Waals surface area contributed by atoms with Gasteiger partial charge in [0.25, 0.3) is 0 Å². The van der Waals surface area contributed by atoms with Gasteiger partial charge >= 0.3 is 12.0 Å². The van der Waals surface area contributed by atoms with Crippen molar-refractivity contribution in [3.05, 3.63) is 45.6 Å². The fraction of sp³-hybridized carbons (Fsp3) is 0.444. The Morgan fingerprint density at radius 3 is 2.79 bits per heavy atom. The first kappa shape index (κ1) is 18.5. The average Bonchev–Trinajstić information content (AvgIpc) is 2.53. The Balaban J connectivity index is 2.15. The number of hydrogen-bond acceptors (Lipinski definition) is 3. The third-order valence-electron chi connectivity index (χ3n) is 3.90. The van der Waals surface area contributed by atoms with Crippen molar-refractivity contribution in [2.45, 2.75) is 45.6 Å². The van der Waals surface area contributed by atoms with Crippen LogP contribution in [0.15, 0.2) is 40.0 Å². The Kier molecular flexibility index (Phi) is 6.85. The molecule has 1 aliphatic rings. The fourth-order valence-electron chi connectivity index (χ4n) is 2.67. The number of urea groups is 1. The Hall–Kier alpha value is -1.82. The molecule has 0 spiro atoms. The maximum Gasteiger partial charge on any atom is 0.338 e. The summed E-state index contributed by atoms with van der Waals surface area (Å²) in [6, 6.07) is 6.70.